The van der Waals surface area contributed by atoms with Gasteiger partial charge in [-0.25, -0.2) is 4.79 Å². The third kappa shape index (κ3) is 4.22. The molecule has 0 unspecified atom stereocenters. The van der Waals surface area contributed by atoms with Gasteiger partial charge < -0.3 is 24.8 Å². The summed E-state index contributed by atoms with van der Waals surface area (Å²) in [5.74, 6) is 0.162. The van der Waals surface area contributed by atoms with E-state index in [0.29, 0.717) is 28.4 Å². The SMILES string of the molecule is O=C(COC(=O)c1ccc(NC(=O)C2CC2)cc1)Nc1ccc2c(c1)OCO2. The highest BCUT2D eigenvalue weighted by atomic mass is 16.7. The average Bonchev–Trinajstić information content (AvgIpc) is 3.45. The van der Waals surface area contributed by atoms with E-state index < -0.39 is 18.5 Å². The molecule has 0 saturated heterocycles. The number of anilines is 2. The molecule has 0 atom stereocenters. The first-order valence-corrected chi connectivity index (χ1v) is 8.86. The predicted molar refractivity (Wildman–Crippen MR) is 99.3 cm³/mol. The molecular weight excluding hydrogens is 364 g/mol. The van der Waals surface area contributed by atoms with E-state index in [4.69, 9.17) is 14.2 Å². The molecule has 1 aliphatic carbocycles. The number of nitrogens with one attached hydrogen (secondary N) is 2. The maximum absolute atomic E-state index is 12.1. The van der Waals surface area contributed by atoms with E-state index in [1.54, 1.807) is 42.5 Å². The van der Waals surface area contributed by atoms with Gasteiger partial charge in [0.15, 0.2) is 18.1 Å². The van der Waals surface area contributed by atoms with Crippen molar-refractivity contribution < 1.29 is 28.6 Å². The molecule has 2 aliphatic rings. The fourth-order valence-corrected chi connectivity index (χ4v) is 2.67. The van der Waals surface area contributed by atoms with Gasteiger partial charge in [0.1, 0.15) is 0 Å². The van der Waals surface area contributed by atoms with Crippen molar-refractivity contribution in [3.8, 4) is 11.5 Å². The first-order valence-electron chi connectivity index (χ1n) is 8.86. The van der Waals surface area contributed by atoms with Gasteiger partial charge in [-0.2, -0.15) is 0 Å². The van der Waals surface area contributed by atoms with E-state index in [2.05, 4.69) is 10.6 Å². The molecule has 144 valence electrons. The molecule has 1 saturated carbocycles. The summed E-state index contributed by atoms with van der Waals surface area (Å²) in [6.07, 6.45) is 1.84. The first-order chi connectivity index (χ1) is 13.6. The van der Waals surface area contributed by atoms with Crippen LogP contribution in [0.3, 0.4) is 0 Å². The van der Waals surface area contributed by atoms with E-state index >= 15 is 0 Å². The molecule has 2 aromatic carbocycles. The third-order valence-electron chi connectivity index (χ3n) is 4.33. The van der Waals surface area contributed by atoms with Gasteiger partial charge in [-0.15, -0.1) is 0 Å². The zero-order valence-electron chi connectivity index (χ0n) is 14.9. The Bertz CT molecular complexity index is 921. The van der Waals surface area contributed by atoms with Crippen molar-refractivity contribution in [3.05, 3.63) is 48.0 Å². The number of esters is 1. The van der Waals surface area contributed by atoms with E-state index in [1.165, 1.54) is 0 Å². The third-order valence-corrected chi connectivity index (χ3v) is 4.33. The number of carbonyl (C=O) groups excluding carboxylic acids is 3. The summed E-state index contributed by atoms with van der Waals surface area (Å²) < 4.78 is 15.5. The molecule has 1 heterocycles. The maximum atomic E-state index is 12.1. The Morgan fingerprint density at radius 2 is 1.64 bits per heavy atom. The molecule has 0 bridgehead atoms. The second-order valence-corrected chi connectivity index (χ2v) is 6.53. The van der Waals surface area contributed by atoms with Crippen LogP contribution in [-0.4, -0.2) is 31.2 Å². The largest absolute Gasteiger partial charge is 0.454 e. The molecule has 1 aliphatic heterocycles. The number of hydrogen-bond acceptors (Lipinski definition) is 6. The molecule has 2 amide bonds. The van der Waals surface area contributed by atoms with Gasteiger partial charge in [-0.3, -0.25) is 9.59 Å². The summed E-state index contributed by atoms with van der Waals surface area (Å²) >= 11 is 0. The maximum Gasteiger partial charge on any atom is 0.338 e. The Labute approximate surface area is 160 Å². The molecule has 2 N–H and O–H groups in total. The Hall–Kier alpha value is -3.55. The molecule has 0 aromatic heterocycles. The lowest BCUT2D eigenvalue weighted by Gasteiger charge is -2.08. The second-order valence-electron chi connectivity index (χ2n) is 6.53. The van der Waals surface area contributed by atoms with Crippen molar-refractivity contribution in [3.63, 3.8) is 0 Å². The minimum absolute atomic E-state index is 0.00415. The van der Waals surface area contributed by atoms with Crippen molar-refractivity contribution in [2.24, 2.45) is 5.92 Å². The van der Waals surface area contributed by atoms with Crippen LogP contribution in [0.15, 0.2) is 42.5 Å². The topological polar surface area (TPSA) is 103 Å². The molecule has 8 heteroatoms. The molecule has 28 heavy (non-hydrogen) atoms. The van der Waals surface area contributed by atoms with Crippen LogP contribution in [0.25, 0.3) is 0 Å². The Kier molecular flexibility index (Phi) is 4.84. The minimum atomic E-state index is -0.624. The van der Waals surface area contributed by atoms with E-state index in [0.717, 1.165) is 12.8 Å². The lowest BCUT2D eigenvalue weighted by molar-refractivity contribution is -0.119. The van der Waals surface area contributed by atoms with Gasteiger partial charge in [0.25, 0.3) is 5.91 Å². The standard InChI is InChI=1S/C20H18N2O6/c23-18(21-15-7-8-16-17(9-15)28-11-27-16)10-26-20(25)13-3-5-14(6-4-13)22-19(24)12-1-2-12/h3-9,12H,1-2,10-11H2,(H,21,23)(H,22,24). The predicted octanol–water partition coefficient (Wildman–Crippen LogP) is 2.56. The Balaban J connectivity index is 1.26. The van der Waals surface area contributed by atoms with Crippen LogP contribution in [0.2, 0.25) is 0 Å². The fraction of sp³-hybridized carbons (Fsp3) is 0.250. The summed E-state index contributed by atoms with van der Waals surface area (Å²) in [6, 6.07) is 11.3. The number of hydrogen-bond donors (Lipinski definition) is 2. The van der Waals surface area contributed by atoms with Gasteiger partial charge in [0, 0.05) is 23.4 Å². The highest BCUT2D eigenvalue weighted by Gasteiger charge is 2.29. The van der Waals surface area contributed by atoms with Crippen LogP contribution < -0.4 is 20.1 Å². The molecule has 0 radical (unpaired) electrons. The van der Waals surface area contributed by atoms with Crippen LogP contribution in [-0.2, 0) is 14.3 Å². The van der Waals surface area contributed by atoms with E-state index in [9.17, 15) is 14.4 Å². The fourth-order valence-electron chi connectivity index (χ4n) is 2.67. The van der Waals surface area contributed by atoms with Gasteiger partial charge in [0.05, 0.1) is 5.56 Å². The average molecular weight is 382 g/mol. The smallest absolute Gasteiger partial charge is 0.338 e. The first kappa shape index (κ1) is 17.8. The number of ether oxygens (including phenoxy) is 3. The zero-order valence-corrected chi connectivity index (χ0v) is 14.9. The Morgan fingerprint density at radius 1 is 0.929 bits per heavy atom. The van der Waals surface area contributed by atoms with Crippen LogP contribution in [0.4, 0.5) is 11.4 Å². The zero-order chi connectivity index (χ0) is 19.5. The van der Waals surface area contributed by atoms with Crippen LogP contribution >= 0.6 is 0 Å². The van der Waals surface area contributed by atoms with Crippen molar-refractivity contribution in [1.82, 2.24) is 0 Å². The number of amides is 2. The summed E-state index contributed by atoms with van der Waals surface area (Å²) in [6.45, 7) is -0.277. The van der Waals surface area contributed by atoms with Crippen LogP contribution in [0.1, 0.15) is 23.2 Å². The Morgan fingerprint density at radius 3 is 2.39 bits per heavy atom. The van der Waals surface area contributed by atoms with E-state index in [-0.39, 0.29) is 18.6 Å². The number of fused-ring (bicyclic) bond motifs is 1. The number of benzene rings is 2. The van der Waals surface area contributed by atoms with Crippen molar-refractivity contribution in [1.29, 1.82) is 0 Å². The number of carbonyl (C=O) groups is 3. The van der Waals surface area contributed by atoms with Gasteiger partial charge in [-0.05, 0) is 49.2 Å². The lowest BCUT2D eigenvalue weighted by Crippen LogP contribution is -2.21. The highest BCUT2D eigenvalue weighted by Crippen LogP contribution is 2.34. The summed E-state index contributed by atoms with van der Waals surface area (Å²) in [7, 11) is 0. The highest BCUT2D eigenvalue weighted by molar-refractivity contribution is 5.97. The molecule has 0 spiro atoms. The van der Waals surface area contributed by atoms with E-state index in [1.807, 2.05) is 0 Å². The van der Waals surface area contributed by atoms with Gasteiger partial charge in [-0.1, -0.05) is 0 Å². The van der Waals surface area contributed by atoms with Gasteiger partial charge >= 0.3 is 5.97 Å². The summed E-state index contributed by atoms with van der Waals surface area (Å²) in [5.41, 5.74) is 1.43. The quantitative estimate of drug-likeness (QED) is 0.745. The van der Waals surface area contributed by atoms with Gasteiger partial charge in [0.2, 0.25) is 12.7 Å². The monoisotopic (exact) mass is 382 g/mol. The van der Waals surface area contributed by atoms with Crippen LogP contribution in [0.5, 0.6) is 11.5 Å². The molecule has 2 aromatic rings. The van der Waals surface area contributed by atoms with Crippen LogP contribution in [0, 0.1) is 5.92 Å². The van der Waals surface area contributed by atoms with Crippen molar-refractivity contribution in [2.75, 3.05) is 24.0 Å². The molecular formula is C20H18N2O6. The molecule has 8 nitrogen and oxygen atoms in total. The van der Waals surface area contributed by atoms with Crippen molar-refractivity contribution >= 4 is 29.2 Å². The molecule has 1 fully saturated rings. The van der Waals surface area contributed by atoms with Crippen molar-refractivity contribution in [2.45, 2.75) is 12.8 Å². The second kappa shape index (κ2) is 7.59. The summed E-state index contributed by atoms with van der Waals surface area (Å²) in [4.78, 5) is 35.8. The lowest BCUT2D eigenvalue weighted by atomic mass is 10.2. The normalized spacial score (nSPS) is 14.3. The molecule has 4 rings (SSSR count). The summed E-state index contributed by atoms with van der Waals surface area (Å²) in [5, 5.41) is 5.42. The number of rotatable bonds is 6. The minimum Gasteiger partial charge on any atom is -0.454 e.